The number of aryl methyl sites for hydroxylation is 1. The van der Waals surface area contributed by atoms with Crippen LogP contribution in [-0.4, -0.2) is 67.7 Å². The number of fused-ring (bicyclic) bond motifs is 1. The first-order chi connectivity index (χ1) is 16.6. The summed E-state index contributed by atoms with van der Waals surface area (Å²) in [6.45, 7) is 5.00. The summed E-state index contributed by atoms with van der Waals surface area (Å²) in [5.74, 6) is 2.89. The van der Waals surface area contributed by atoms with Crippen molar-refractivity contribution >= 4 is 0 Å². The molecule has 1 unspecified atom stereocenters. The van der Waals surface area contributed by atoms with Gasteiger partial charge in [0.1, 0.15) is 5.75 Å². The Hall–Kier alpha value is -2.11. The lowest BCUT2D eigenvalue weighted by atomic mass is 9.84. The zero-order chi connectivity index (χ0) is 23.5. The van der Waals surface area contributed by atoms with Crippen LogP contribution in [-0.2, 0) is 13.0 Å². The van der Waals surface area contributed by atoms with E-state index in [0.717, 1.165) is 48.7 Å². The number of hydrogen-bond donors (Lipinski definition) is 0. The fourth-order valence-electron chi connectivity index (χ4n) is 6.02. The molecule has 2 aliphatic heterocycles. The summed E-state index contributed by atoms with van der Waals surface area (Å²) in [6.07, 6.45) is 7.21. The monoisotopic (exact) mass is 467 g/mol. The van der Waals surface area contributed by atoms with Gasteiger partial charge in [0.25, 0.3) is 5.75 Å². The number of hydrogen-bond acceptors (Lipinski definition) is 3. The van der Waals surface area contributed by atoms with E-state index in [1.165, 1.54) is 61.9 Å². The molecule has 1 N–H and O–H groups in total. The quantitative estimate of drug-likeness (QED) is 0.494. The molecule has 2 aromatic rings. The fraction of sp³-hybridized carbons (Fsp3) is 0.586. The number of ether oxygens (including phenoxy) is 2. The normalized spacial score (nSPS) is 22.3. The minimum atomic E-state index is -0.370. The Labute approximate surface area is 204 Å². The summed E-state index contributed by atoms with van der Waals surface area (Å²) < 4.78 is 23.6. The summed E-state index contributed by atoms with van der Waals surface area (Å²) in [5, 5.41) is 0. The van der Waals surface area contributed by atoms with E-state index in [1.807, 2.05) is 6.07 Å². The fourth-order valence-corrected chi connectivity index (χ4v) is 6.02. The summed E-state index contributed by atoms with van der Waals surface area (Å²) in [5.41, 5.74) is 4.93. The molecule has 0 bridgehead atoms. The van der Waals surface area contributed by atoms with Crippen molar-refractivity contribution in [2.24, 2.45) is 5.92 Å². The Morgan fingerprint density at radius 1 is 1.06 bits per heavy atom. The molecule has 184 valence electrons. The predicted molar refractivity (Wildman–Crippen MR) is 136 cm³/mol. The van der Waals surface area contributed by atoms with Gasteiger partial charge in [0.05, 0.1) is 13.8 Å². The molecule has 5 heteroatoms. The summed E-state index contributed by atoms with van der Waals surface area (Å²) in [7, 11) is 3.84. The Balaban J connectivity index is 1.26. The van der Waals surface area contributed by atoms with Gasteiger partial charge in [-0.1, -0.05) is 18.6 Å². The van der Waals surface area contributed by atoms with E-state index in [0.29, 0.717) is 6.42 Å². The Kier molecular flexibility index (Phi) is 7.40. The van der Waals surface area contributed by atoms with Gasteiger partial charge < -0.3 is 19.3 Å². The minimum Gasteiger partial charge on any atom is -0.582 e. The third-order valence-corrected chi connectivity index (χ3v) is 8.28. The maximum atomic E-state index is 13.1. The van der Waals surface area contributed by atoms with E-state index in [9.17, 15) is 4.39 Å². The number of likely N-dealkylation sites (tertiary alicyclic amines) is 1. The first-order valence-corrected chi connectivity index (χ1v) is 13.1. The highest BCUT2D eigenvalue weighted by molar-refractivity contribution is 5.47. The summed E-state index contributed by atoms with van der Waals surface area (Å²) in [4.78, 5) is 5.10. The van der Waals surface area contributed by atoms with Crippen molar-refractivity contribution in [3.05, 3.63) is 58.7 Å². The van der Waals surface area contributed by atoms with Crippen LogP contribution < -0.4 is 4.74 Å². The molecule has 2 aromatic carbocycles. The molecular formula is C29H40FN2O2+. The van der Waals surface area contributed by atoms with Crippen molar-refractivity contribution < 1.29 is 13.9 Å². The molecule has 1 saturated heterocycles. The highest BCUT2D eigenvalue weighted by atomic mass is 19.1. The minimum absolute atomic E-state index is 0.280. The molecule has 0 amide bonds. The highest BCUT2D eigenvalue weighted by Crippen LogP contribution is 2.37. The largest absolute Gasteiger partial charge is 0.582 e. The molecule has 1 saturated carbocycles. The Morgan fingerprint density at radius 2 is 1.88 bits per heavy atom. The Bertz CT molecular complexity index is 969. The molecule has 34 heavy (non-hydrogen) atoms. The van der Waals surface area contributed by atoms with Gasteiger partial charge in [0, 0.05) is 49.5 Å². The lowest BCUT2D eigenvalue weighted by Crippen LogP contribution is -2.45. The van der Waals surface area contributed by atoms with E-state index < -0.39 is 0 Å². The standard InChI is InChI=1S/C29H39FN2O2/c1-31-18-24-17-26(34-20-21-11-14-32(15-12-21)25-4-3-5-25)7-8-27(24)28(19-31)22-6-9-29(33-2)23(16-22)10-13-30/h6-9,16-17,21,25,28H,3-5,10-15,18-20H2,1-2H3/p+1. The van der Waals surface area contributed by atoms with Gasteiger partial charge in [-0.2, -0.15) is 0 Å². The van der Waals surface area contributed by atoms with Crippen molar-refractivity contribution in [2.75, 3.05) is 47.1 Å². The molecule has 4 nitrogen and oxygen atoms in total. The SMILES string of the molecule is COc1ccc(C2CN(C)Cc3cc([OH+]CC4CCN(C5CCC5)CC4)ccc32)cc1CCF. The number of nitrogens with zero attached hydrogens (tertiary/aromatic N) is 2. The maximum absolute atomic E-state index is 13.1. The van der Waals surface area contributed by atoms with Crippen LogP contribution in [0, 0.1) is 5.92 Å². The van der Waals surface area contributed by atoms with E-state index >= 15 is 0 Å². The molecule has 5 rings (SSSR count). The molecule has 0 radical (unpaired) electrons. The Morgan fingerprint density at radius 3 is 2.59 bits per heavy atom. The first-order valence-electron chi connectivity index (χ1n) is 13.1. The molecular weight excluding hydrogens is 427 g/mol. The second kappa shape index (κ2) is 10.7. The highest BCUT2D eigenvalue weighted by Gasteiger charge is 2.30. The molecule has 3 aliphatic rings. The van der Waals surface area contributed by atoms with Gasteiger partial charge >= 0.3 is 0 Å². The van der Waals surface area contributed by atoms with Crippen LogP contribution in [0.2, 0.25) is 0 Å². The van der Waals surface area contributed by atoms with Crippen LogP contribution in [0.4, 0.5) is 4.39 Å². The van der Waals surface area contributed by atoms with Gasteiger partial charge in [-0.3, -0.25) is 4.39 Å². The van der Waals surface area contributed by atoms with Gasteiger partial charge in [-0.15, -0.1) is 0 Å². The van der Waals surface area contributed by atoms with E-state index in [4.69, 9.17) is 9.47 Å². The number of aromatic hydroxyl groups is 1. The number of rotatable bonds is 8. The molecule has 2 heterocycles. The number of aliphatic hydroxyl groups is 1. The zero-order valence-corrected chi connectivity index (χ0v) is 20.8. The maximum Gasteiger partial charge on any atom is 0.254 e. The van der Waals surface area contributed by atoms with E-state index in [2.05, 4.69) is 47.2 Å². The van der Waals surface area contributed by atoms with Crippen molar-refractivity contribution in [3.8, 4) is 11.5 Å². The molecule has 0 aromatic heterocycles. The number of alkyl halides is 1. The van der Waals surface area contributed by atoms with Crippen LogP contribution in [0.3, 0.4) is 0 Å². The second-order valence-electron chi connectivity index (χ2n) is 10.5. The van der Waals surface area contributed by atoms with Crippen molar-refractivity contribution in [1.82, 2.24) is 9.80 Å². The van der Waals surface area contributed by atoms with Crippen LogP contribution in [0.1, 0.15) is 60.3 Å². The third kappa shape index (κ3) is 5.11. The zero-order valence-electron chi connectivity index (χ0n) is 20.8. The molecule has 1 atom stereocenters. The number of methoxy groups -OCH3 is 1. The number of piperidine rings is 1. The van der Waals surface area contributed by atoms with Gasteiger partial charge in [0.15, 0.2) is 6.61 Å². The lowest BCUT2D eigenvalue weighted by Gasteiger charge is -2.41. The van der Waals surface area contributed by atoms with Crippen LogP contribution in [0.25, 0.3) is 0 Å². The van der Waals surface area contributed by atoms with Gasteiger partial charge in [0.2, 0.25) is 0 Å². The second-order valence-corrected chi connectivity index (χ2v) is 10.5. The summed E-state index contributed by atoms with van der Waals surface area (Å²) >= 11 is 0. The molecule has 2 fully saturated rings. The van der Waals surface area contributed by atoms with Crippen LogP contribution in [0.5, 0.6) is 11.5 Å². The number of halogens is 1. The first kappa shape index (κ1) is 23.6. The lowest BCUT2D eigenvalue weighted by molar-refractivity contribution is 0.00262. The van der Waals surface area contributed by atoms with E-state index in [1.54, 1.807) is 7.11 Å². The van der Waals surface area contributed by atoms with Crippen molar-refractivity contribution in [2.45, 2.75) is 57.0 Å². The van der Waals surface area contributed by atoms with Crippen molar-refractivity contribution in [1.29, 1.82) is 0 Å². The van der Waals surface area contributed by atoms with Gasteiger partial charge in [-0.05, 0) is 80.2 Å². The predicted octanol–water partition coefficient (Wildman–Crippen LogP) is 5.29. The average Bonchev–Trinajstić information content (AvgIpc) is 2.82. The number of benzene rings is 2. The third-order valence-electron chi connectivity index (χ3n) is 8.28. The van der Waals surface area contributed by atoms with Crippen molar-refractivity contribution in [3.63, 3.8) is 0 Å². The smallest absolute Gasteiger partial charge is 0.254 e. The van der Waals surface area contributed by atoms with Crippen LogP contribution in [0.15, 0.2) is 36.4 Å². The molecule has 1 aliphatic carbocycles. The average molecular weight is 468 g/mol. The molecule has 0 spiro atoms. The van der Waals surface area contributed by atoms with E-state index in [-0.39, 0.29) is 12.6 Å². The van der Waals surface area contributed by atoms with Crippen LogP contribution >= 0.6 is 0 Å². The topological polar surface area (TPSA) is 28.5 Å². The number of likely N-dealkylation sites (N-methyl/N-ethyl adjacent to an activating group) is 1. The van der Waals surface area contributed by atoms with Gasteiger partial charge in [-0.25, -0.2) is 0 Å². The summed E-state index contributed by atoms with van der Waals surface area (Å²) in [6, 6.07) is 13.9.